The predicted octanol–water partition coefficient (Wildman–Crippen LogP) is 4.51. The molecule has 1 atom stereocenters. The van der Waals surface area contributed by atoms with Crippen LogP contribution >= 0.6 is 57.7 Å². The molecule has 2 aromatic carbocycles. The van der Waals surface area contributed by atoms with E-state index in [1.807, 2.05) is 0 Å². The standard InChI is InChI=1S/C24H15Cl4N3O3S/c1-2-34-24(33)20-19(12-4-6-15(26)17(28)9-12)13(10-29)21(30)31-22(32)18(35-23(20)31)8-11-3-5-14(25)16(27)7-11/h3-9,19H,2,30H2,1H3/b18-8+. The Morgan fingerprint density at radius 2 is 1.80 bits per heavy atom. The fourth-order valence-electron chi connectivity index (χ4n) is 3.73. The van der Waals surface area contributed by atoms with Gasteiger partial charge >= 0.3 is 5.97 Å². The normalized spacial score (nSPS) is 15.7. The van der Waals surface area contributed by atoms with E-state index in [1.54, 1.807) is 49.4 Å². The number of ether oxygens (including phenoxy) is 1. The maximum absolute atomic E-state index is 13.4. The summed E-state index contributed by atoms with van der Waals surface area (Å²) in [6.45, 7) is 1.76. The lowest BCUT2D eigenvalue weighted by atomic mass is 9.84. The van der Waals surface area contributed by atoms with E-state index < -0.39 is 17.4 Å². The minimum atomic E-state index is -0.912. The SMILES string of the molecule is CCOC(=O)C1=c2s/c(=C/c3ccc(Cl)c(Cl)c3)c(=O)n2C(N)=C(C#N)C1c1ccc(Cl)c(Cl)c1. The first-order valence-electron chi connectivity index (χ1n) is 10.1. The number of nitrogens with two attached hydrogens (primary N) is 1. The third-order valence-electron chi connectivity index (χ3n) is 5.28. The van der Waals surface area contributed by atoms with Crippen LogP contribution in [-0.2, 0) is 9.53 Å². The Hall–Kier alpha value is -2.73. The number of rotatable bonds is 4. The molecule has 11 heteroatoms. The number of hydrogen-bond donors (Lipinski definition) is 1. The maximum Gasteiger partial charge on any atom is 0.338 e. The zero-order valence-corrected chi connectivity index (χ0v) is 21.8. The van der Waals surface area contributed by atoms with Crippen molar-refractivity contribution in [2.24, 2.45) is 5.73 Å². The van der Waals surface area contributed by atoms with Crippen LogP contribution in [0.25, 0.3) is 17.5 Å². The fraction of sp³-hybridized carbons (Fsp3) is 0.125. The number of carbonyl (C=O) groups is 1. The van der Waals surface area contributed by atoms with Crippen molar-refractivity contribution in [2.45, 2.75) is 12.8 Å². The summed E-state index contributed by atoms with van der Waals surface area (Å²) in [6, 6.07) is 11.7. The molecular formula is C24H15Cl4N3O3S. The molecule has 1 aliphatic heterocycles. The number of allylic oxidation sites excluding steroid dienone is 1. The lowest BCUT2D eigenvalue weighted by Crippen LogP contribution is -2.40. The molecule has 0 saturated carbocycles. The van der Waals surface area contributed by atoms with Crippen LogP contribution < -0.4 is 20.5 Å². The van der Waals surface area contributed by atoms with E-state index in [0.29, 0.717) is 26.2 Å². The quantitative estimate of drug-likeness (QED) is 0.468. The van der Waals surface area contributed by atoms with Gasteiger partial charge in [-0.2, -0.15) is 5.26 Å². The van der Waals surface area contributed by atoms with Crippen LogP contribution in [0.2, 0.25) is 20.1 Å². The van der Waals surface area contributed by atoms with Crippen LogP contribution in [0, 0.1) is 11.3 Å². The third kappa shape index (κ3) is 4.61. The second kappa shape index (κ2) is 10.1. The summed E-state index contributed by atoms with van der Waals surface area (Å²) in [7, 11) is 0. The molecule has 0 amide bonds. The molecule has 1 aliphatic rings. The van der Waals surface area contributed by atoms with Gasteiger partial charge in [-0.25, -0.2) is 4.79 Å². The van der Waals surface area contributed by atoms with Gasteiger partial charge in [-0.15, -0.1) is 11.3 Å². The summed E-state index contributed by atoms with van der Waals surface area (Å²) >= 11 is 25.5. The molecule has 0 radical (unpaired) electrons. The second-order valence-corrected chi connectivity index (χ2v) is 10.0. The summed E-state index contributed by atoms with van der Waals surface area (Å²) in [5, 5.41) is 11.3. The van der Waals surface area contributed by atoms with Crippen molar-refractivity contribution >= 4 is 81.2 Å². The number of carbonyl (C=O) groups excluding carboxylic acids is 1. The van der Waals surface area contributed by atoms with Gasteiger partial charge in [0, 0.05) is 0 Å². The number of aromatic nitrogens is 1. The molecule has 0 fully saturated rings. The average Bonchev–Trinajstić information content (AvgIpc) is 3.14. The molecule has 2 heterocycles. The van der Waals surface area contributed by atoms with E-state index in [0.717, 1.165) is 15.9 Å². The lowest BCUT2D eigenvalue weighted by molar-refractivity contribution is -0.136. The zero-order valence-electron chi connectivity index (χ0n) is 17.9. The molecule has 35 heavy (non-hydrogen) atoms. The van der Waals surface area contributed by atoms with Crippen molar-refractivity contribution in [3.8, 4) is 6.07 Å². The van der Waals surface area contributed by atoms with Crippen molar-refractivity contribution in [2.75, 3.05) is 6.61 Å². The number of fused-ring (bicyclic) bond motifs is 1. The van der Waals surface area contributed by atoms with Gasteiger partial charge in [-0.1, -0.05) is 58.5 Å². The topological polar surface area (TPSA) is 98.1 Å². The van der Waals surface area contributed by atoms with Gasteiger partial charge in [0.25, 0.3) is 5.56 Å². The Bertz CT molecular complexity index is 1630. The number of esters is 1. The molecule has 3 aromatic rings. The maximum atomic E-state index is 13.4. The Balaban J connectivity index is 2.09. The summed E-state index contributed by atoms with van der Waals surface area (Å²) in [5.74, 6) is -1.67. The lowest BCUT2D eigenvalue weighted by Gasteiger charge is -2.25. The van der Waals surface area contributed by atoms with Crippen LogP contribution in [-0.4, -0.2) is 17.1 Å². The third-order valence-corrected chi connectivity index (χ3v) is 7.87. The largest absolute Gasteiger partial charge is 0.463 e. The number of benzene rings is 2. The first-order valence-corrected chi connectivity index (χ1v) is 12.5. The molecule has 6 nitrogen and oxygen atoms in total. The Morgan fingerprint density at radius 3 is 2.40 bits per heavy atom. The minimum absolute atomic E-state index is 0.0138. The minimum Gasteiger partial charge on any atom is -0.463 e. The van der Waals surface area contributed by atoms with Crippen LogP contribution in [0.3, 0.4) is 0 Å². The first kappa shape index (κ1) is 25.4. The summed E-state index contributed by atoms with van der Waals surface area (Å²) in [6.07, 6.45) is 1.61. The molecule has 178 valence electrons. The average molecular weight is 567 g/mol. The predicted molar refractivity (Wildman–Crippen MR) is 140 cm³/mol. The number of thiazole rings is 1. The Labute approximate surface area is 223 Å². The monoisotopic (exact) mass is 565 g/mol. The van der Waals surface area contributed by atoms with Gasteiger partial charge in [0.05, 0.1) is 54.4 Å². The van der Waals surface area contributed by atoms with E-state index in [4.69, 9.17) is 56.9 Å². The molecule has 0 aliphatic carbocycles. The molecule has 4 rings (SSSR count). The van der Waals surface area contributed by atoms with Gasteiger partial charge in [0.1, 0.15) is 10.5 Å². The zero-order chi connectivity index (χ0) is 25.4. The molecule has 0 bridgehead atoms. The van der Waals surface area contributed by atoms with Gasteiger partial charge < -0.3 is 10.5 Å². The highest BCUT2D eigenvalue weighted by molar-refractivity contribution is 7.07. The Morgan fingerprint density at radius 1 is 1.14 bits per heavy atom. The van der Waals surface area contributed by atoms with Gasteiger partial charge in [0.15, 0.2) is 0 Å². The smallest absolute Gasteiger partial charge is 0.338 e. The van der Waals surface area contributed by atoms with E-state index >= 15 is 0 Å². The second-order valence-electron chi connectivity index (χ2n) is 7.38. The van der Waals surface area contributed by atoms with Gasteiger partial charge in [-0.05, 0) is 48.4 Å². The molecule has 1 unspecified atom stereocenters. The number of nitriles is 1. The number of halogens is 4. The molecule has 1 aromatic heterocycles. The van der Waals surface area contributed by atoms with Crippen molar-refractivity contribution in [1.29, 1.82) is 5.26 Å². The van der Waals surface area contributed by atoms with E-state index in [1.165, 1.54) is 0 Å². The van der Waals surface area contributed by atoms with Crippen molar-refractivity contribution in [3.63, 3.8) is 0 Å². The van der Waals surface area contributed by atoms with Crippen LogP contribution in [0.15, 0.2) is 46.8 Å². The highest BCUT2D eigenvalue weighted by Crippen LogP contribution is 2.38. The number of nitrogens with zero attached hydrogens (tertiary/aromatic N) is 2. The summed E-state index contributed by atoms with van der Waals surface area (Å²) in [5.41, 5.74) is 7.09. The molecule has 0 saturated heterocycles. The summed E-state index contributed by atoms with van der Waals surface area (Å²) < 4.78 is 7.00. The van der Waals surface area contributed by atoms with Crippen molar-refractivity contribution < 1.29 is 9.53 Å². The fourth-order valence-corrected chi connectivity index (χ4v) is 5.51. The van der Waals surface area contributed by atoms with E-state index in [-0.39, 0.29) is 37.8 Å². The van der Waals surface area contributed by atoms with Gasteiger partial charge in [-0.3, -0.25) is 9.36 Å². The molecular weight excluding hydrogens is 552 g/mol. The van der Waals surface area contributed by atoms with E-state index in [2.05, 4.69) is 6.07 Å². The van der Waals surface area contributed by atoms with E-state index in [9.17, 15) is 14.9 Å². The highest BCUT2D eigenvalue weighted by Gasteiger charge is 2.36. The number of hydrogen-bond acceptors (Lipinski definition) is 6. The van der Waals surface area contributed by atoms with Crippen LogP contribution in [0.1, 0.15) is 24.0 Å². The Kier molecular flexibility index (Phi) is 7.32. The molecule has 2 N–H and O–H groups in total. The highest BCUT2D eigenvalue weighted by atomic mass is 35.5. The van der Waals surface area contributed by atoms with Crippen molar-refractivity contribution in [1.82, 2.24) is 4.57 Å². The van der Waals surface area contributed by atoms with Crippen LogP contribution in [0.5, 0.6) is 0 Å². The van der Waals surface area contributed by atoms with Crippen molar-refractivity contribution in [3.05, 3.63) is 92.7 Å². The van der Waals surface area contributed by atoms with Crippen LogP contribution in [0.4, 0.5) is 0 Å². The summed E-state index contributed by atoms with van der Waals surface area (Å²) in [4.78, 5) is 26.5. The van der Waals surface area contributed by atoms with Gasteiger partial charge in [0.2, 0.25) is 0 Å². The first-order chi connectivity index (χ1) is 16.7. The molecule has 0 spiro atoms.